The lowest BCUT2D eigenvalue weighted by Crippen LogP contribution is -2.30. The molecule has 0 amide bonds. The van der Waals surface area contributed by atoms with E-state index in [4.69, 9.17) is 19.6 Å². The van der Waals surface area contributed by atoms with Crippen LogP contribution in [-0.2, 0) is 21.4 Å². The highest BCUT2D eigenvalue weighted by molar-refractivity contribution is 7.88. The molecular weight excluding hydrogens is 519 g/mol. The minimum Gasteiger partial charge on any atom is -0.497 e. The van der Waals surface area contributed by atoms with Crippen molar-refractivity contribution in [1.82, 2.24) is 4.98 Å². The van der Waals surface area contributed by atoms with Crippen molar-refractivity contribution in [2.24, 2.45) is 5.92 Å². The first-order chi connectivity index (χ1) is 17.4. The van der Waals surface area contributed by atoms with Crippen molar-refractivity contribution in [3.05, 3.63) is 41.1 Å². The van der Waals surface area contributed by atoms with Crippen LogP contribution in [0.25, 0.3) is 0 Å². The monoisotopic (exact) mass is 545 g/mol. The Morgan fingerprint density at radius 3 is 2.41 bits per heavy atom. The third-order valence-electron chi connectivity index (χ3n) is 5.67. The molecule has 1 fully saturated rings. The van der Waals surface area contributed by atoms with Crippen molar-refractivity contribution in [3.8, 4) is 17.2 Å². The molecule has 0 unspecified atom stereocenters. The van der Waals surface area contributed by atoms with E-state index >= 15 is 0 Å². The van der Waals surface area contributed by atoms with Crippen LogP contribution in [0.5, 0.6) is 17.2 Å². The van der Waals surface area contributed by atoms with Gasteiger partial charge in [0.05, 0.1) is 26.4 Å². The number of halogens is 3. The number of anilines is 1. The van der Waals surface area contributed by atoms with Crippen LogP contribution in [0.1, 0.15) is 47.8 Å². The molecule has 1 aliphatic rings. The number of ether oxygens (including phenoxy) is 3. The molecule has 2 aromatic rings. The highest BCUT2D eigenvalue weighted by Gasteiger charge is 2.49. The van der Waals surface area contributed by atoms with Crippen molar-refractivity contribution < 1.29 is 44.8 Å². The summed E-state index contributed by atoms with van der Waals surface area (Å²) in [5, 5.41) is 11.5. The number of carbonyl (C=O) groups excluding carboxylic acids is 1. The van der Waals surface area contributed by atoms with Crippen LogP contribution in [0.4, 0.5) is 19.0 Å². The number of methoxy groups -OCH3 is 2. The number of aromatic nitrogens is 1. The maximum Gasteiger partial charge on any atom is 0.534 e. The van der Waals surface area contributed by atoms with E-state index in [2.05, 4.69) is 14.5 Å². The van der Waals surface area contributed by atoms with Crippen molar-refractivity contribution in [2.45, 2.75) is 38.2 Å². The van der Waals surface area contributed by atoms with Crippen molar-refractivity contribution >= 4 is 27.6 Å². The van der Waals surface area contributed by atoms with Gasteiger partial charge in [-0.1, -0.05) is 6.42 Å². The quantitative estimate of drug-likeness (QED) is 0.183. The summed E-state index contributed by atoms with van der Waals surface area (Å²) < 4.78 is 83.2. The Kier molecular flexibility index (Phi) is 8.51. The first-order valence-electron chi connectivity index (χ1n) is 11.2. The van der Waals surface area contributed by atoms with Gasteiger partial charge >= 0.3 is 21.6 Å². The molecule has 0 aliphatic heterocycles. The predicted octanol–water partition coefficient (Wildman–Crippen LogP) is 4.28. The number of pyridine rings is 1. The molecule has 3 rings (SSSR count). The van der Waals surface area contributed by atoms with Gasteiger partial charge in [0.15, 0.2) is 11.4 Å². The lowest BCUT2D eigenvalue weighted by Gasteiger charge is -2.28. The standard InChI is InChI=1S/C23H26F3N3O7S/c1-4-35-22(30)16-11-18(36-37(31,32)23(24,25)26)19(20(27)13-6-5-7-13)21(29-16)28-12-14-8-9-15(33-2)10-17(14)34-3/h8-11,13,27H,4-7,12H2,1-3H3,(H,28,29). The number of nitrogens with zero attached hydrogens (tertiary/aromatic N) is 1. The first kappa shape index (κ1) is 28.0. The fourth-order valence-corrected chi connectivity index (χ4v) is 3.99. The normalized spacial score (nSPS) is 13.9. The third kappa shape index (κ3) is 6.24. The molecule has 10 nitrogen and oxygen atoms in total. The van der Waals surface area contributed by atoms with E-state index < -0.39 is 33.0 Å². The zero-order valence-electron chi connectivity index (χ0n) is 20.3. The summed E-state index contributed by atoms with van der Waals surface area (Å²) in [6.45, 7) is 1.44. The van der Waals surface area contributed by atoms with E-state index in [0.717, 1.165) is 12.5 Å². The Morgan fingerprint density at radius 2 is 1.86 bits per heavy atom. The molecule has 0 radical (unpaired) electrons. The summed E-state index contributed by atoms with van der Waals surface area (Å²) in [6, 6.07) is 5.68. The van der Waals surface area contributed by atoms with Gasteiger partial charge < -0.3 is 29.1 Å². The Balaban J connectivity index is 2.13. The summed E-state index contributed by atoms with van der Waals surface area (Å²) in [7, 11) is -3.20. The molecule has 37 heavy (non-hydrogen) atoms. The highest BCUT2D eigenvalue weighted by atomic mass is 32.2. The van der Waals surface area contributed by atoms with Crippen LogP contribution in [0, 0.1) is 11.3 Å². The van der Waals surface area contributed by atoms with Gasteiger partial charge in [-0.2, -0.15) is 21.6 Å². The van der Waals surface area contributed by atoms with Gasteiger partial charge in [-0.05, 0) is 31.9 Å². The Hall–Kier alpha value is -3.55. The fourth-order valence-electron chi connectivity index (χ4n) is 3.53. The number of nitrogens with one attached hydrogen (secondary N) is 2. The van der Waals surface area contributed by atoms with Crippen LogP contribution in [0.2, 0.25) is 0 Å². The molecular formula is C23H26F3N3O7S. The molecule has 1 aromatic carbocycles. The number of esters is 1. The van der Waals surface area contributed by atoms with Crippen molar-refractivity contribution in [3.63, 3.8) is 0 Å². The largest absolute Gasteiger partial charge is 0.534 e. The van der Waals surface area contributed by atoms with Crippen molar-refractivity contribution in [1.29, 1.82) is 5.41 Å². The molecule has 1 saturated carbocycles. The molecule has 1 heterocycles. The Bertz CT molecular complexity index is 1280. The SMILES string of the molecule is CCOC(=O)c1cc(OS(=O)(=O)C(F)(F)F)c(C(=N)C2CCC2)c(NCc2ccc(OC)cc2OC)n1. The van der Waals surface area contributed by atoms with Crippen LogP contribution in [0.3, 0.4) is 0 Å². The van der Waals surface area contributed by atoms with E-state index in [1.165, 1.54) is 21.1 Å². The second kappa shape index (κ2) is 11.2. The van der Waals surface area contributed by atoms with E-state index in [0.29, 0.717) is 29.9 Å². The van der Waals surface area contributed by atoms with Crippen LogP contribution in [0.15, 0.2) is 24.3 Å². The molecule has 0 saturated heterocycles. The Morgan fingerprint density at radius 1 is 1.16 bits per heavy atom. The van der Waals surface area contributed by atoms with Crippen molar-refractivity contribution in [2.75, 3.05) is 26.1 Å². The number of benzene rings is 1. The molecule has 0 bridgehead atoms. The van der Waals surface area contributed by atoms with E-state index in [9.17, 15) is 26.4 Å². The van der Waals surface area contributed by atoms with Gasteiger partial charge in [0.25, 0.3) is 0 Å². The third-order valence-corrected chi connectivity index (χ3v) is 6.64. The van der Waals surface area contributed by atoms with Gasteiger partial charge in [0.1, 0.15) is 17.3 Å². The minimum absolute atomic E-state index is 0.0111. The first-order valence-corrected chi connectivity index (χ1v) is 12.6. The van der Waals surface area contributed by atoms with E-state index in [-0.39, 0.29) is 36.2 Å². The van der Waals surface area contributed by atoms with Crippen LogP contribution < -0.4 is 19.0 Å². The number of rotatable bonds is 11. The fraction of sp³-hybridized carbons (Fsp3) is 0.435. The van der Waals surface area contributed by atoms with Crippen LogP contribution >= 0.6 is 0 Å². The number of alkyl halides is 3. The topological polar surface area (TPSA) is 137 Å². The number of hydrogen-bond acceptors (Lipinski definition) is 10. The van der Waals surface area contributed by atoms with Gasteiger partial charge in [-0.25, -0.2) is 9.78 Å². The molecule has 1 aliphatic carbocycles. The summed E-state index contributed by atoms with van der Waals surface area (Å²) in [4.78, 5) is 16.6. The maximum atomic E-state index is 13.2. The lowest BCUT2D eigenvalue weighted by atomic mass is 9.79. The lowest BCUT2D eigenvalue weighted by molar-refractivity contribution is -0.0500. The van der Waals surface area contributed by atoms with Gasteiger partial charge in [-0.15, -0.1) is 0 Å². The highest BCUT2D eigenvalue weighted by Crippen LogP contribution is 2.38. The van der Waals surface area contributed by atoms with Gasteiger partial charge in [0.2, 0.25) is 0 Å². The summed E-state index contributed by atoms with van der Waals surface area (Å²) in [6.07, 6.45) is 1.95. The molecule has 14 heteroatoms. The predicted molar refractivity (Wildman–Crippen MR) is 127 cm³/mol. The maximum absolute atomic E-state index is 13.2. The summed E-state index contributed by atoms with van der Waals surface area (Å²) in [5.41, 5.74) is -6.11. The zero-order chi connectivity index (χ0) is 27.4. The number of carbonyl (C=O) groups is 1. The second-order valence-electron chi connectivity index (χ2n) is 8.01. The summed E-state index contributed by atoms with van der Waals surface area (Å²) >= 11 is 0. The minimum atomic E-state index is -6.12. The summed E-state index contributed by atoms with van der Waals surface area (Å²) in [5.74, 6) is -1.49. The van der Waals surface area contributed by atoms with Gasteiger partial charge in [0, 0.05) is 35.9 Å². The second-order valence-corrected chi connectivity index (χ2v) is 9.54. The Labute approximate surface area is 211 Å². The molecule has 202 valence electrons. The van der Waals surface area contributed by atoms with Crippen LogP contribution in [-0.4, -0.2) is 51.4 Å². The molecule has 0 spiro atoms. The van der Waals surface area contributed by atoms with E-state index in [1.54, 1.807) is 18.2 Å². The molecule has 1 aromatic heterocycles. The molecule has 2 N–H and O–H groups in total. The van der Waals surface area contributed by atoms with Gasteiger partial charge in [-0.3, -0.25) is 0 Å². The molecule has 0 atom stereocenters. The average molecular weight is 546 g/mol. The smallest absolute Gasteiger partial charge is 0.497 e. The average Bonchev–Trinajstić information content (AvgIpc) is 2.80. The number of hydrogen-bond donors (Lipinski definition) is 2. The zero-order valence-corrected chi connectivity index (χ0v) is 21.1. The van der Waals surface area contributed by atoms with E-state index in [1.807, 2.05) is 0 Å².